The minimum Gasteiger partial charge on any atom is -0.444 e. The Labute approximate surface area is 181 Å². The molecule has 0 fully saturated rings. The van der Waals surface area contributed by atoms with Crippen molar-refractivity contribution in [3.05, 3.63) is 106 Å². The van der Waals surface area contributed by atoms with Crippen molar-refractivity contribution < 1.29 is 14.3 Å². The Morgan fingerprint density at radius 3 is 2.23 bits per heavy atom. The lowest BCUT2D eigenvalue weighted by molar-refractivity contribution is -0.149. The van der Waals surface area contributed by atoms with Crippen molar-refractivity contribution in [2.24, 2.45) is 0 Å². The summed E-state index contributed by atoms with van der Waals surface area (Å²) >= 11 is 6.11. The number of aryl methyl sites for hydroxylation is 2. The quantitative estimate of drug-likeness (QED) is 0.400. The van der Waals surface area contributed by atoms with E-state index in [2.05, 4.69) is 5.32 Å². The van der Waals surface area contributed by atoms with Gasteiger partial charge in [-0.25, -0.2) is 4.79 Å². The third-order valence-corrected chi connectivity index (χ3v) is 4.71. The van der Waals surface area contributed by atoms with E-state index in [-0.39, 0.29) is 0 Å². The molecule has 0 radical (unpaired) electrons. The van der Waals surface area contributed by atoms with Crippen molar-refractivity contribution in [2.75, 3.05) is 5.32 Å². The van der Waals surface area contributed by atoms with E-state index in [0.29, 0.717) is 21.8 Å². The van der Waals surface area contributed by atoms with Crippen molar-refractivity contribution in [1.29, 1.82) is 0 Å². The lowest BCUT2D eigenvalue weighted by Gasteiger charge is -2.18. The summed E-state index contributed by atoms with van der Waals surface area (Å²) in [6.07, 6.45) is 1.74. The van der Waals surface area contributed by atoms with Crippen LogP contribution in [-0.4, -0.2) is 11.9 Å². The Balaban J connectivity index is 1.79. The molecule has 0 saturated carbocycles. The van der Waals surface area contributed by atoms with Gasteiger partial charge in [0.05, 0.1) is 0 Å². The van der Waals surface area contributed by atoms with Gasteiger partial charge in [0.1, 0.15) is 0 Å². The average Bonchev–Trinajstić information content (AvgIpc) is 2.71. The molecular formula is C25H22ClNO3. The molecule has 0 aromatic heterocycles. The van der Waals surface area contributed by atoms with Gasteiger partial charge in [-0.3, -0.25) is 4.79 Å². The minimum absolute atomic E-state index is 0.425. The first kappa shape index (κ1) is 21.3. The van der Waals surface area contributed by atoms with Gasteiger partial charge in [0, 0.05) is 22.3 Å². The highest BCUT2D eigenvalue weighted by Crippen LogP contribution is 2.22. The minimum atomic E-state index is -1.09. The standard InChI is InChI=1S/C25H22ClNO3/c1-17-14-18(2)16-21(15-17)27-25(29)24(20-9-4-3-5-10-20)30-23(28)13-12-19-8-6-7-11-22(19)26/h3-16,24H,1-2H3,(H,27,29)/b13-12+. The van der Waals surface area contributed by atoms with Crippen molar-refractivity contribution in [3.63, 3.8) is 0 Å². The third-order valence-electron chi connectivity index (χ3n) is 4.37. The molecule has 3 aromatic rings. The third kappa shape index (κ3) is 5.82. The second-order valence-electron chi connectivity index (χ2n) is 6.95. The zero-order valence-electron chi connectivity index (χ0n) is 16.8. The SMILES string of the molecule is Cc1cc(C)cc(NC(=O)C(OC(=O)/C=C/c2ccccc2Cl)c2ccccc2)c1. The van der Waals surface area contributed by atoms with Crippen LogP contribution in [0.2, 0.25) is 5.02 Å². The van der Waals surface area contributed by atoms with Crippen molar-refractivity contribution in [1.82, 2.24) is 0 Å². The van der Waals surface area contributed by atoms with Crippen LogP contribution in [0.15, 0.2) is 78.9 Å². The van der Waals surface area contributed by atoms with Gasteiger partial charge in [0.2, 0.25) is 6.10 Å². The van der Waals surface area contributed by atoms with Crippen LogP contribution in [0.3, 0.4) is 0 Å². The van der Waals surface area contributed by atoms with Crippen LogP contribution in [0.25, 0.3) is 6.08 Å². The van der Waals surface area contributed by atoms with Crippen LogP contribution in [0.4, 0.5) is 5.69 Å². The first-order valence-corrected chi connectivity index (χ1v) is 9.87. The summed E-state index contributed by atoms with van der Waals surface area (Å²) in [7, 11) is 0. The number of carbonyl (C=O) groups is 2. The lowest BCUT2D eigenvalue weighted by atomic mass is 10.1. The van der Waals surface area contributed by atoms with E-state index in [9.17, 15) is 9.59 Å². The molecule has 1 N–H and O–H groups in total. The molecule has 1 atom stereocenters. The van der Waals surface area contributed by atoms with Gasteiger partial charge in [-0.2, -0.15) is 0 Å². The number of hydrogen-bond acceptors (Lipinski definition) is 3. The first-order valence-electron chi connectivity index (χ1n) is 9.50. The molecule has 0 aliphatic heterocycles. The molecule has 0 aliphatic rings. The molecule has 0 heterocycles. The zero-order chi connectivity index (χ0) is 21.5. The van der Waals surface area contributed by atoms with E-state index in [4.69, 9.17) is 16.3 Å². The van der Waals surface area contributed by atoms with E-state index >= 15 is 0 Å². The van der Waals surface area contributed by atoms with Gasteiger partial charge in [-0.05, 0) is 54.8 Å². The van der Waals surface area contributed by atoms with Gasteiger partial charge >= 0.3 is 5.97 Å². The Morgan fingerprint density at radius 1 is 0.933 bits per heavy atom. The summed E-state index contributed by atoms with van der Waals surface area (Å²) in [5.74, 6) is -1.06. The van der Waals surface area contributed by atoms with Crippen LogP contribution in [-0.2, 0) is 14.3 Å². The normalized spacial score (nSPS) is 11.8. The fraction of sp³-hybridized carbons (Fsp3) is 0.120. The molecule has 0 saturated heterocycles. The van der Waals surface area contributed by atoms with Gasteiger partial charge in [0.15, 0.2) is 0 Å². The molecule has 3 rings (SSSR count). The molecule has 4 nitrogen and oxygen atoms in total. The number of amides is 1. The van der Waals surface area contributed by atoms with Gasteiger partial charge in [-0.1, -0.05) is 66.2 Å². The Bertz CT molecular complexity index is 1060. The number of hydrogen-bond donors (Lipinski definition) is 1. The van der Waals surface area contributed by atoms with Crippen LogP contribution in [0.5, 0.6) is 0 Å². The number of esters is 1. The molecule has 0 spiro atoms. The van der Waals surface area contributed by atoms with Crippen LogP contribution in [0, 0.1) is 13.8 Å². The van der Waals surface area contributed by atoms with E-state index in [0.717, 1.165) is 11.1 Å². The smallest absolute Gasteiger partial charge is 0.331 e. The highest BCUT2D eigenvalue weighted by Gasteiger charge is 2.24. The highest BCUT2D eigenvalue weighted by molar-refractivity contribution is 6.32. The summed E-state index contributed by atoms with van der Waals surface area (Å²) in [6.45, 7) is 3.91. The van der Waals surface area contributed by atoms with E-state index < -0.39 is 18.0 Å². The van der Waals surface area contributed by atoms with Crippen LogP contribution < -0.4 is 5.32 Å². The number of nitrogens with one attached hydrogen (secondary N) is 1. The summed E-state index contributed by atoms with van der Waals surface area (Å²) in [4.78, 5) is 25.4. The lowest BCUT2D eigenvalue weighted by Crippen LogP contribution is -2.25. The molecule has 1 amide bonds. The van der Waals surface area contributed by atoms with Crippen molar-refractivity contribution in [3.8, 4) is 0 Å². The fourth-order valence-corrected chi connectivity index (χ4v) is 3.28. The predicted octanol–water partition coefficient (Wildman–Crippen LogP) is 5.89. The molecule has 0 bridgehead atoms. The van der Waals surface area contributed by atoms with Gasteiger partial charge < -0.3 is 10.1 Å². The van der Waals surface area contributed by atoms with Crippen LogP contribution >= 0.6 is 11.6 Å². The van der Waals surface area contributed by atoms with E-state index in [1.165, 1.54) is 6.08 Å². The van der Waals surface area contributed by atoms with Gasteiger partial charge in [0.25, 0.3) is 5.91 Å². The molecular weight excluding hydrogens is 398 g/mol. The summed E-state index contributed by atoms with van der Waals surface area (Å²) < 4.78 is 5.51. The van der Waals surface area contributed by atoms with Crippen LogP contribution in [0.1, 0.15) is 28.4 Å². The Kier molecular flexibility index (Phi) is 7.04. The molecule has 5 heteroatoms. The molecule has 30 heavy (non-hydrogen) atoms. The number of rotatable bonds is 6. The number of anilines is 1. The van der Waals surface area contributed by atoms with E-state index in [1.54, 1.807) is 48.5 Å². The second kappa shape index (κ2) is 9.90. The van der Waals surface area contributed by atoms with Crippen molar-refractivity contribution >= 4 is 35.2 Å². The average molecular weight is 420 g/mol. The molecule has 3 aromatic carbocycles. The maximum atomic E-state index is 13.0. The summed E-state index contributed by atoms with van der Waals surface area (Å²) in [6, 6.07) is 21.8. The molecule has 1 unspecified atom stereocenters. The zero-order valence-corrected chi connectivity index (χ0v) is 17.5. The molecule has 152 valence electrons. The topological polar surface area (TPSA) is 55.4 Å². The monoisotopic (exact) mass is 419 g/mol. The summed E-state index contributed by atoms with van der Waals surface area (Å²) in [5, 5.41) is 3.37. The fourth-order valence-electron chi connectivity index (χ4n) is 3.08. The van der Waals surface area contributed by atoms with Crippen molar-refractivity contribution in [2.45, 2.75) is 20.0 Å². The Morgan fingerprint density at radius 2 is 1.57 bits per heavy atom. The number of halogens is 1. The number of ether oxygens (including phenoxy) is 1. The highest BCUT2D eigenvalue weighted by atomic mass is 35.5. The second-order valence-corrected chi connectivity index (χ2v) is 7.36. The van der Waals surface area contributed by atoms with Gasteiger partial charge in [-0.15, -0.1) is 0 Å². The maximum absolute atomic E-state index is 13.0. The maximum Gasteiger partial charge on any atom is 0.331 e. The number of benzene rings is 3. The Hall–Kier alpha value is -3.37. The largest absolute Gasteiger partial charge is 0.444 e. The molecule has 0 aliphatic carbocycles. The first-order chi connectivity index (χ1) is 14.4. The summed E-state index contributed by atoms with van der Waals surface area (Å²) in [5.41, 5.74) is 3.98. The predicted molar refractivity (Wildman–Crippen MR) is 120 cm³/mol. The van der Waals surface area contributed by atoms with E-state index in [1.807, 2.05) is 44.2 Å². The number of carbonyl (C=O) groups excluding carboxylic acids is 2.